The van der Waals surface area contributed by atoms with Crippen LogP contribution < -0.4 is 21.1 Å². The molecule has 1 aliphatic heterocycles. The fraction of sp³-hybridized carbons (Fsp3) is 0.304. The Morgan fingerprint density at radius 2 is 2.15 bits per heavy atom. The lowest BCUT2D eigenvalue weighted by atomic mass is 10.1. The zero-order valence-corrected chi connectivity index (χ0v) is 18.3. The lowest BCUT2D eigenvalue weighted by molar-refractivity contribution is -0.128. The Bertz CT molecular complexity index is 1160. The van der Waals surface area contributed by atoms with E-state index in [2.05, 4.69) is 30.3 Å². The van der Waals surface area contributed by atoms with E-state index in [1.54, 1.807) is 36.7 Å². The van der Waals surface area contributed by atoms with Crippen LogP contribution in [-0.4, -0.2) is 47.2 Å². The van der Waals surface area contributed by atoms with Crippen LogP contribution >= 0.6 is 0 Å². The van der Waals surface area contributed by atoms with Crippen LogP contribution in [0.1, 0.15) is 27.9 Å². The topological polar surface area (TPSA) is 124 Å². The smallest absolute Gasteiger partial charge is 0.345 e. The van der Waals surface area contributed by atoms with E-state index < -0.39 is 6.61 Å². The number of nitrogens with zero attached hydrogens (tertiary/aromatic N) is 3. The number of nitrogen functional groups attached to an aromatic ring is 1. The first-order valence-corrected chi connectivity index (χ1v) is 10.8. The van der Waals surface area contributed by atoms with Crippen molar-refractivity contribution >= 4 is 17.7 Å². The van der Waals surface area contributed by atoms with Crippen molar-refractivity contribution in [3.63, 3.8) is 0 Å². The molecule has 0 aliphatic carbocycles. The van der Waals surface area contributed by atoms with Gasteiger partial charge in [0.25, 0.3) is 5.91 Å². The largest absolute Gasteiger partial charge is 0.492 e. The van der Waals surface area contributed by atoms with Crippen molar-refractivity contribution in [2.45, 2.75) is 26.0 Å². The molecular weight excluding hydrogens is 446 g/mol. The minimum atomic E-state index is -2.80. The highest BCUT2D eigenvalue weighted by atomic mass is 19.3. The van der Waals surface area contributed by atoms with Crippen molar-refractivity contribution in [2.24, 2.45) is 0 Å². The number of aromatic nitrogens is 3. The van der Waals surface area contributed by atoms with Crippen LogP contribution in [0.15, 0.2) is 42.7 Å². The van der Waals surface area contributed by atoms with E-state index >= 15 is 0 Å². The molecule has 0 unspecified atom stereocenters. The van der Waals surface area contributed by atoms with E-state index in [0.29, 0.717) is 43.1 Å². The molecule has 11 heteroatoms. The van der Waals surface area contributed by atoms with Crippen molar-refractivity contribution in [1.29, 1.82) is 0 Å². The number of ether oxygens (including phenoxy) is 2. The Kier molecular flexibility index (Phi) is 7.43. The highest BCUT2D eigenvalue weighted by Gasteiger charge is 2.23. The summed E-state index contributed by atoms with van der Waals surface area (Å²) >= 11 is 0. The molecule has 0 radical (unpaired) electrons. The molecule has 3 heterocycles. The normalized spacial score (nSPS) is 12.3. The summed E-state index contributed by atoms with van der Waals surface area (Å²) in [6.45, 7) is -1.69. The SMILES string of the molecule is Nc1nccc(-c2cnc(NCc3cccc(C(=O)NCCCOC(F)F)c3)c3c2OCC3)n1. The number of carbonyl (C=O) groups excluding carboxylic acids is 1. The number of nitrogens with two attached hydrogens (primary N) is 1. The third kappa shape index (κ3) is 5.73. The molecule has 0 bridgehead atoms. The second-order valence-electron chi connectivity index (χ2n) is 7.52. The third-order valence-electron chi connectivity index (χ3n) is 5.18. The number of nitrogens with one attached hydrogen (secondary N) is 2. The average Bonchev–Trinajstić information content (AvgIpc) is 3.32. The number of hydrogen-bond acceptors (Lipinski definition) is 8. The van der Waals surface area contributed by atoms with E-state index in [9.17, 15) is 13.6 Å². The van der Waals surface area contributed by atoms with Crippen molar-refractivity contribution < 1.29 is 23.0 Å². The number of alkyl halides is 2. The van der Waals surface area contributed by atoms with E-state index in [1.807, 2.05) is 6.07 Å². The van der Waals surface area contributed by atoms with Gasteiger partial charge in [-0.3, -0.25) is 4.79 Å². The number of rotatable bonds is 10. The summed E-state index contributed by atoms with van der Waals surface area (Å²) in [5.74, 6) is 1.32. The Labute approximate surface area is 194 Å². The monoisotopic (exact) mass is 470 g/mol. The molecule has 1 aliphatic rings. The van der Waals surface area contributed by atoms with E-state index in [4.69, 9.17) is 10.5 Å². The molecule has 178 valence electrons. The van der Waals surface area contributed by atoms with Gasteiger partial charge >= 0.3 is 6.61 Å². The molecule has 1 amide bonds. The van der Waals surface area contributed by atoms with Crippen molar-refractivity contribution in [1.82, 2.24) is 20.3 Å². The molecule has 0 saturated carbocycles. The number of amides is 1. The number of halogens is 2. The highest BCUT2D eigenvalue weighted by molar-refractivity contribution is 5.94. The van der Waals surface area contributed by atoms with Crippen LogP contribution in [-0.2, 0) is 17.7 Å². The van der Waals surface area contributed by atoms with Crippen molar-refractivity contribution in [3.05, 3.63) is 59.4 Å². The van der Waals surface area contributed by atoms with Gasteiger partial charge < -0.3 is 25.8 Å². The van der Waals surface area contributed by atoms with Gasteiger partial charge in [-0.1, -0.05) is 12.1 Å². The van der Waals surface area contributed by atoms with Gasteiger partial charge in [0.15, 0.2) is 0 Å². The summed E-state index contributed by atoms with van der Waals surface area (Å²) in [6.07, 6.45) is 4.28. The molecule has 4 rings (SSSR count). The summed E-state index contributed by atoms with van der Waals surface area (Å²) < 4.78 is 34.0. The van der Waals surface area contributed by atoms with E-state index in [1.165, 1.54) is 0 Å². The maximum atomic E-state index is 12.3. The van der Waals surface area contributed by atoms with Crippen molar-refractivity contribution in [2.75, 3.05) is 30.8 Å². The molecular formula is C23H24F2N6O3. The molecule has 0 atom stereocenters. The first-order valence-electron chi connectivity index (χ1n) is 10.8. The predicted octanol–water partition coefficient (Wildman–Crippen LogP) is 3.03. The van der Waals surface area contributed by atoms with Crippen LogP contribution in [0.25, 0.3) is 11.3 Å². The average molecular weight is 470 g/mol. The van der Waals surface area contributed by atoms with Gasteiger partial charge in [-0.05, 0) is 30.2 Å². The zero-order valence-electron chi connectivity index (χ0n) is 18.3. The second kappa shape index (κ2) is 10.8. The summed E-state index contributed by atoms with van der Waals surface area (Å²) in [6, 6.07) is 8.91. The molecule has 9 nitrogen and oxygen atoms in total. The molecule has 0 fully saturated rings. The van der Waals surface area contributed by atoms with Gasteiger partial charge in [-0.2, -0.15) is 8.78 Å². The minimum Gasteiger partial charge on any atom is -0.492 e. The number of hydrogen-bond donors (Lipinski definition) is 3. The zero-order chi connectivity index (χ0) is 23.9. The van der Waals surface area contributed by atoms with E-state index in [-0.39, 0.29) is 25.0 Å². The lowest BCUT2D eigenvalue weighted by Crippen LogP contribution is -2.25. The fourth-order valence-corrected chi connectivity index (χ4v) is 3.60. The van der Waals surface area contributed by atoms with Crippen LogP contribution in [0.5, 0.6) is 5.75 Å². The molecule has 2 aromatic heterocycles. The molecule has 0 saturated heterocycles. The number of anilines is 2. The number of fused-ring (bicyclic) bond motifs is 1. The quantitative estimate of drug-likeness (QED) is 0.386. The second-order valence-corrected chi connectivity index (χ2v) is 7.52. The lowest BCUT2D eigenvalue weighted by Gasteiger charge is -2.13. The van der Waals surface area contributed by atoms with E-state index in [0.717, 1.165) is 22.4 Å². The van der Waals surface area contributed by atoms with Crippen LogP contribution in [0.2, 0.25) is 0 Å². The van der Waals surface area contributed by atoms with Crippen LogP contribution in [0, 0.1) is 0 Å². The Morgan fingerprint density at radius 1 is 1.26 bits per heavy atom. The Morgan fingerprint density at radius 3 is 2.97 bits per heavy atom. The molecule has 4 N–H and O–H groups in total. The molecule has 3 aromatic rings. The number of carbonyl (C=O) groups is 1. The Balaban J connectivity index is 1.39. The molecule has 0 spiro atoms. The van der Waals surface area contributed by atoms with Gasteiger partial charge in [0.1, 0.15) is 11.6 Å². The first kappa shape index (κ1) is 23.3. The number of pyridine rings is 1. The third-order valence-corrected chi connectivity index (χ3v) is 5.18. The first-order chi connectivity index (χ1) is 16.5. The van der Waals surface area contributed by atoms with Gasteiger partial charge in [0.2, 0.25) is 5.95 Å². The van der Waals surface area contributed by atoms with Crippen LogP contribution in [0.4, 0.5) is 20.5 Å². The fourth-order valence-electron chi connectivity index (χ4n) is 3.60. The summed E-state index contributed by atoms with van der Waals surface area (Å²) in [4.78, 5) is 25.1. The summed E-state index contributed by atoms with van der Waals surface area (Å²) in [7, 11) is 0. The molecule has 34 heavy (non-hydrogen) atoms. The maximum Gasteiger partial charge on any atom is 0.345 e. The summed E-state index contributed by atoms with van der Waals surface area (Å²) in [5, 5.41) is 6.02. The minimum absolute atomic E-state index is 0.119. The summed E-state index contributed by atoms with van der Waals surface area (Å²) in [5.41, 5.74) is 9.43. The van der Waals surface area contributed by atoms with Crippen LogP contribution in [0.3, 0.4) is 0 Å². The van der Waals surface area contributed by atoms with Crippen molar-refractivity contribution in [3.8, 4) is 17.0 Å². The van der Waals surface area contributed by atoms with Gasteiger partial charge in [0.05, 0.1) is 24.5 Å². The standard InChI is InChI=1S/C23H24F2N6O3/c24-22(25)34-9-2-7-27-21(32)15-4-1-3-14(11-15)12-29-20-16-6-10-33-19(16)17(13-30-20)18-5-8-28-23(26)31-18/h1,3-5,8,11,13,22H,2,6-7,9-10,12H2,(H,27,32)(H,29,30)(H2,26,28,31). The van der Waals surface area contributed by atoms with Gasteiger partial charge in [-0.15, -0.1) is 0 Å². The van der Waals surface area contributed by atoms with Gasteiger partial charge in [0, 0.05) is 43.0 Å². The predicted molar refractivity (Wildman–Crippen MR) is 122 cm³/mol. The highest BCUT2D eigenvalue weighted by Crippen LogP contribution is 2.39. The van der Waals surface area contributed by atoms with Gasteiger partial charge in [-0.25, -0.2) is 15.0 Å². The maximum absolute atomic E-state index is 12.3. The molecule has 1 aromatic carbocycles. The Hall–Kier alpha value is -3.86. The number of benzene rings is 1.